The van der Waals surface area contributed by atoms with Crippen molar-refractivity contribution in [2.75, 3.05) is 11.9 Å². The third-order valence-electron chi connectivity index (χ3n) is 2.90. The van der Waals surface area contributed by atoms with Gasteiger partial charge in [0, 0.05) is 23.1 Å². The van der Waals surface area contributed by atoms with Crippen molar-refractivity contribution < 1.29 is 0 Å². The first-order chi connectivity index (χ1) is 8.03. The lowest BCUT2D eigenvalue weighted by Crippen LogP contribution is -2.21. The van der Waals surface area contributed by atoms with Crippen LogP contribution in [0.3, 0.4) is 0 Å². The average Bonchev–Trinajstić information content (AvgIpc) is 2.62. The molecule has 17 heavy (non-hydrogen) atoms. The van der Waals surface area contributed by atoms with Crippen LogP contribution in [0.1, 0.15) is 19.5 Å². The maximum absolute atomic E-state index is 9.01. The van der Waals surface area contributed by atoms with E-state index in [1.54, 1.807) is 0 Å². The lowest BCUT2D eigenvalue weighted by atomic mass is 9.96. The van der Waals surface area contributed by atoms with Crippen LogP contribution in [0.15, 0.2) is 24.3 Å². The first kappa shape index (κ1) is 11.5. The fraction of sp³-hybridized carbons (Fsp3) is 0.357. The standard InChI is InChI=1S/C14H17N3/c1-10-13(16-9-14(2,3)8-15)11-6-4-5-7-12(11)17-10/h4-7,16-17H,9H2,1-3H3. The maximum Gasteiger partial charge on any atom is 0.0702 e. The zero-order valence-corrected chi connectivity index (χ0v) is 10.5. The summed E-state index contributed by atoms with van der Waals surface area (Å²) in [6, 6.07) is 10.5. The summed E-state index contributed by atoms with van der Waals surface area (Å²) in [7, 11) is 0. The topological polar surface area (TPSA) is 51.6 Å². The number of nitrogens with one attached hydrogen (secondary N) is 2. The second-order valence-electron chi connectivity index (χ2n) is 5.02. The Morgan fingerprint density at radius 3 is 2.76 bits per heavy atom. The second-order valence-corrected chi connectivity index (χ2v) is 5.02. The monoisotopic (exact) mass is 227 g/mol. The molecule has 1 aromatic heterocycles. The number of nitriles is 1. The molecule has 0 aliphatic rings. The lowest BCUT2D eigenvalue weighted by molar-refractivity contribution is 0.529. The van der Waals surface area contributed by atoms with Crippen LogP contribution in [-0.4, -0.2) is 11.5 Å². The molecule has 0 aliphatic carbocycles. The van der Waals surface area contributed by atoms with E-state index in [4.69, 9.17) is 5.26 Å². The van der Waals surface area contributed by atoms with Gasteiger partial charge in [-0.05, 0) is 26.8 Å². The van der Waals surface area contributed by atoms with E-state index in [-0.39, 0.29) is 5.41 Å². The Balaban J connectivity index is 2.31. The first-order valence-electron chi connectivity index (χ1n) is 5.76. The van der Waals surface area contributed by atoms with Crippen LogP contribution in [0.4, 0.5) is 5.69 Å². The number of nitrogens with zero attached hydrogens (tertiary/aromatic N) is 1. The normalized spacial score (nSPS) is 11.4. The summed E-state index contributed by atoms with van der Waals surface area (Å²) in [5, 5.41) is 13.6. The first-order valence-corrected chi connectivity index (χ1v) is 5.76. The zero-order chi connectivity index (χ0) is 12.5. The van der Waals surface area contributed by atoms with Gasteiger partial charge in [0.15, 0.2) is 0 Å². The van der Waals surface area contributed by atoms with E-state index >= 15 is 0 Å². The predicted molar refractivity (Wildman–Crippen MR) is 70.9 cm³/mol. The van der Waals surface area contributed by atoms with Crippen LogP contribution in [0.25, 0.3) is 10.9 Å². The highest BCUT2D eigenvalue weighted by molar-refractivity contribution is 5.94. The molecule has 2 aromatic rings. The van der Waals surface area contributed by atoms with Gasteiger partial charge in [0.2, 0.25) is 0 Å². The van der Waals surface area contributed by atoms with Gasteiger partial charge in [0.25, 0.3) is 0 Å². The molecule has 3 heteroatoms. The molecule has 1 heterocycles. The van der Waals surface area contributed by atoms with Crippen LogP contribution in [0, 0.1) is 23.7 Å². The molecular formula is C14H17N3. The molecule has 0 spiro atoms. The Bertz CT molecular complexity index is 573. The van der Waals surface area contributed by atoms with E-state index in [0.717, 1.165) is 16.9 Å². The molecule has 0 aliphatic heterocycles. The molecular weight excluding hydrogens is 210 g/mol. The fourth-order valence-corrected chi connectivity index (χ4v) is 1.85. The van der Waals surface area contributed by atoms with Crippen LogP contribution in [0.5, 0.6) is 0 Å². The van der Waals surface area contributed by atoms with Gasteiger partial charge in [0.1, 0.15) is 0 Å². The summed E-state index contributed by atoms with van der Waals surface area (Å²) in [6.07, 6.45) is 0. The van der Waals surface area contributed by atoms with E-state index in [1.165, 1.54) is 5.39 Å². The van der Waals surface area contributed by atoms with E-state index in [2.05, 4.69) is 28.5 Å². The molecule has 0 amide bonds. The van der Waals surface area contributed by atoms with E-state index in [9.17, 15) is 0 Å². The second kappa shape index (κ2) is 4.14. The summed E-state index contributed by atoms with van der Waals surface area (Å²) in [4.78, 5) is 3.34. The Morgan fingerprint density at radius 1 is 1.35 bits per heavy atom. The van der Waals surface area contributed by atoms with Crippen molar-refractivity contribution in [2.24, 2.45) is 5.41 Å². The molecule has 0 atom stereocenters. The lowest BCUT2D eigenvalue weighted by Gasteiger charge is -2.16. The van der Waals surface area contributed by atoms with Gasteiger partial charge >= 0.3 is 0 Å². The highest BCUT2D eigenvalue weighted by Gasteiger charge is 2.17. The van der Waals surface area contributed by atoms with Crippen molar-refractivity contribution in [3.05, 3.63) is 30.0 Å². The van der Waals surface area contributed by atoms with Crippen molar-refractivity contribution in [1.82, 2.24) is 4.98 Å². The molecule has 0 saturated carbocycles. The molecule has 0 bridgehead atoms. The number of aromatic amines is 1. The van der Waals surface area contributed by atoms with Crippen LogP contribution >= 0.6 is 0 Å². The van der Waals surface area contributed by atoms with Crippen LogP contribution in [-0.2, 0) is 0 Å². The molecule has 2 rings (SSSR count). The summed E-state index contributed by atoms with van der Waals surface area (Å²) >= 11 is 0. The number of hydrogen-bond acceptors (Lipinski definition) is 2. The van der Waals surface area contributed by atoms with Gasteiger partial charge in [-0.15, -0.1) is 0 Å². The number of para-hydroxylation sites is 1. The van der Waals surface area contributed by atoms with Gasteiger partial charge < -0.3 is 10.3 Å². The molecule has 2 N–H and O–H groups in total. The van der Waals surface area contributed by atoms with Gasteiger partial charge in [0.05, 0.1) is 17.2 Å². The minimum Gasteiger partial charge on any atom is -0.382 e. The largest absolute Gasteiger partial charge is 0.382 e. The summed E-state index contributed by atoms with van der Waals surface area (Å²) in [6.45, 7) is 6.56. The van der Waals surface area contributed by atoms with E-state index in [0.29, 0.717) is 6.54 Å². The molecule has 0 saturated heterocycles. The maximum atomic E-state index is 9.01. The van der Waals surface area contributed by atoms with Gasteiger partial charge in [-0.25, -0.2) is 0 Å². The van der Waals surface area contributed by atoms with Gasteiger partial charge in [-0.1, -0.05) is 18.2 Å². The highest BCUT2D eigenvalue weighted by atomic mass is 14.9. The third kappa shape index (κ3) is 2.26. The number of rotatable bonds is 3. The Hall–Kier alpha value is -1.95. The number of hydrogen-bond donors (Lipinski definition) is 2. The van der Waals surface area contributed by atoms with Gasteiger partial charge in [-0.3, -0.25) is 0 Å². The van der Waals surface area contributed by atoms with E-state index < -0.39 is 0 Å². The average molecular weight is 227 g/mol. The number of anilines is 1. The summed E-state index contributed by atoms with van der Waals surface area (Å²) in [5.41, 5.74) is 2.98. The predicted octanol–water partition coefficient (Wildman–Crippen LogP) is 3.44. The Kier molecular flexibility index (Phi) is 2.81. The molecule has 3 nitrogen and oxygen atoms in total. The van der Waals surface area contributed by atoms with Crippen molar-refractivity contribution in [1.29, 1.82) is 5.26 Å². The number of aryl methyl sites for hydroxylation is 1. The fourth-order valence-electron chi connectivity index (χ4n) is 1.85. The molecule has 0 unspecified atom stereocenters. The number of H-pyrrole nitrogens is 1. The van der Waals surface area contributed by atoms with Crippen LogP contribution in [0.2, 0.25) is 0 Å². The highest BCUT2D eigenvalue weighted by Crippen LogP contribution is 2.28. The van der Waals surface area contributed by atoms with E-state index in [1.807, 2.05) is 32.9 Å². The number of fused-ring (bicyclic) bond motifs is 1. The molecule has 88 valence electrons. The van der Waals surface area contributed by atoms with Gasteiger partial charge in [-0.2, -0.15) is 5.26 Å². The smallest absolute Gasteiger partial charge is 0.0702 e. The molecule has 1 aromatic carbocycles. The summed E-state index contributed by atoms with van der Waals surface area (Å²) < 4.78 is 0. The quantitative estimate of drug-likeness (QED) is 0.844. The Morgan fingerprint density at radius 2 is 2.06 bits per heavy atom. The van der Waals surface area contributed by atoms with Crippen molar-refractivity contribution in [2.45, 2.75) is 20.8 Å². The third-order valence-corrected chi connectivity index (χ3v) is 2.90. The minimum absolute atomic E-state index is 0.356. The number of aromatic nitrogens is 1. The zero-order valence-electron chi connectivity index (χ0n) is 10.5. The van der Waals surface area contributed by atoms with Crippen LogP contribution < -0.4 is 5.32 Å². The molecule has 0 fully saturated rings. The number of benzene rings is 1. The molecule has 0 radical (unpaired) electrons. The van der Waals surface area contributed by atoms with Crippen molar-refractivity contribution in [3.8, 4) is 6.07 Å². The van der Waals surface area contributed by atoms with Crippen molar-refractivity contribution >= 4 is 16.6 Å². The minimum atomic E-state index is -0.356. The van der Waals surface area contributed by atoms with Crippen molar-refractivity contribution in [3.63, 3.8) is 0 Å². The Labute approximate surface area is 101 Å². The summed E-state index contributed by atoms with van der Waals surface area (Å²) in [5.74, 6) is 0. The SMILES string of the molecule is Cc1[nH]c2ccccc2c1NCC(C)(C)C#N.